The Hall–Kier alpha value is -1.70. The van der Waals surface area contributed by atoms with E-state index in [1.165, 1.54) is 12.1 Å². The average Bonchev–Trinajstić information content (AvgIpc) is 2.68. The lowest BCUT2D eigenvalue weighted by Crippen LogP contribution is -2.41. The molecule has 1 aromatic carbocycles. The molecule has 27 heavy (non-hydrogen) atoms. The number of nitrogens with zero attached hydrogens (tertiary/aromatic N) is 3. The number of hydrogen-bond acceptors (Lipinski definition) is 4. The first kappa shape index (κ1) is 21.6. The first-order valence-corrected chi connectivity index (χ1v) is 9.92. The molecule has 0 aromatic heterocycles. The van der Waals surface area contributed by atoms with Gasteiger partial charge in [0.15, 0.2) is 5.96 Å². The van der Waals surface area contributed by atoms with E-state index in [0.717, 1.165) is 83.5 Å². The normalized spacial score (nSPS) is 15.9. The summed E-state index contributed by atoms with van der Waals surface area (Å²) in [6.45, 7) is 11.1. The molecule has 1 heterocycles. The molecular weight excluding hydrogens is 345 g/mol. The van der Waals surface area contributed by atoms with Crippen LogP contribution >= 0.6 is 0 Å². The summed E-state index contributed by atoms with van der Waals surface area (Å²) in [5, 5.41) is 6.68. The van der Waals surface area contributed by atoms with Crippen LogP contribution in [-0.2, 0) is 11.3 Å². The number of aliphatic imine (C=N–C) groups is 1. The summed E-state index contributed by atoms with van der Waals surface area (Å²) in [5.41, 5.74) is 1.11. The Morgan fingerprint density at radius 3 is 2.67 bits per heavy atom. The van der Waals surface area contributed by atoms with Gasteiger partial charge in [0.05, 0.1) is 13.2 Å². The molecule has 1 aromatic rings. The van der Waals surface area contributed by atoms with E-state index < -0.39 is 0 Å². The fraction of sp³-hybridized carbons (Fsp3) is 0.650. The van der Waals surface area contributed by atoms with E-state index in [-0.39, 0.29) is 5.82 Å². The number of rotatable bonds is 10. The zero-order chi connectivity index (χ0) is 19.3. The zero-order valence-electron chi connectivity index (χ0n) is 16.7. The molecule has 0 radical (unpaired) electrons. The molecule has 0 saturated carbocycles. The fourth-order valence-corrected chi connectivity index (χ4v) is 3.00. The van der Waals surface area contributed by atoms with Crippen LogP contribution in [0.15, 0.2) is 29.3 Å². The third kappa shape index (κ3) is 9.17. The largest absolute Gasteiger partial charge is 0.379 e. The Labute approximate surface area is 162 Å². The molecule has 1 saturated heterocycles. The van der Waals surface area contributed by atoms with Gasteiger partial charge in [-0.3, -0.25) is 9.89 Å². The number of nitrogens with one attached hydrogen (secondary N) is 2. The summed E-state index contributed by atoms with van der Waals surface area (Å²) in [5.74, 6) is 0.679. The average molecular weight is 380 g/mol. The Kier molecular flexibility index (Phi) is 10.1. The molecule has 0 amide bonds. The van der Waals surface area contributed by atoms with Crippen LogP contribution < -0.4 is 10.6 Å². The van der Waals surface area contributed by atoms with Gasteiger partial charge in [0.2, 0.25) is 0 Å². The maximum atomic E-state index is 13.0. The van der Waals surface area contributed by atoms with Crippen molar-refractivity contribution in [1.29, 1.82) is 0 Å². The van der Waals surface area contributed by atoms with Crippen LogP contribution in [0.25, 0.3) is 0 Å². The molecule has 0 aliphatic carbocycles. The lowest BCUT2D eigenvalue weighted by atomic mass is 10.2. The minimum absolute atomic E-state index is 0.191. The molecule has 152 valence electrons. The SMILES string of the molecule is CCNC(=NCCCN1CCOCC1)NCCN(C)Cc1ccc(F)cc1. The van der Waals surface area contributed by atoms with E-state index in [1.54, 1.807) is 0 Å². The smallest absolute Gasteiger partial charge is 0.191 e. The molecule has 1 aliphatic heterocycles. The summed E-state index contributed by atoms with van der Waals surface area (Å²) in [6, 6.07) is 6.68. The lowest BCUT2D eigenvalue weighted by Gasteiger charge is -2.26. The summed E-state index contributed by atoms with van der Waals surface area (Å²) in [4.78, 5) is 9.31. The number of morpholine rings is 1. The highest BCUT2D eigenvalue weighted by Crippen LogP contribution is 2.05. The van der Waals surface area contributed by atoms with Crippen molar-refractivity contribution in [2.75, 3.05) is 66.1 Å². The van der Waals surface area contributed by atoms with Crippen molar-refractivity contribution < 1.29 is 9.13 Å². The maximum Gasteiger partial charge on any atom is 0.191 e. The highest BCUT2D eigenvalue weighted by atomic mass is 19.1. The van der Waals surface area contributed by atoms with Crippen molar-refractivity contribution in [3.63, 3.8) is 0 Å². The summed E-state index contributed by atoms with van der Waals surface area (Å²) >= 11 is 0. The second-order valence-electron chi connectivity index (χ2n) is 6.86. The van der Waals surface area contributed by atoms with Gasteiger partial charge in [0, 0.05) is 52.4 Å². The van der Waals surface area contributed by atoms with Gasteiger partial charge in [-0.05, 0) is 38.1 Å². The molecule has 6 nitrogen and oxygen atoms in total. The van der Waals surface area contributed by atoms with Crippen LogP contribution in [0.5, 0.6) is 0 Å². The van der Waals surface area contributed by atoms with Crippen molar-refractivity contribution in [3.8, 4) is 0 Å². The summed E-state index contributed by atoms with van der Waals surface area (Å²) < 4.78 is 18.3. The van der Waals surface area contributed by atoms with Gasteiger partial charge in [0.25, 0.3) is 0 Å². The zero-order valence-corrected chi connectivity index (χ0v) is 16.7. The minimum Gasteiger partial charge on any atom is -0.379 e. The van der Waals surface area contributed by atoms with Crippen LogP contribution in [0.3, 0.4) is 0 Å². The van der Waals surface area contributed by atoms with Gasteiger partial charge in [-0.25, -0.2) is 4.39 Å². The number of ether oxygens (including phenoxy) is 1. The second-order valence-corrected chi connectivity index (χ2v) is 6.86. The highest BCUT2D eigenvalue weighted by Gasteiger charge is 2.09. The van der Waals surface area contributed by atoms with Gasteiger partial charge in [-0.15, -0.1) is 0 Å². The standard InChI is InChI=1S/C20H34FN5O/c1-3-22-20(23-9-4-11-26-13-15-27-16-14-26)24-10-12-25(2)17-18-5-7-19(21)8-6-18/h5-8H,3-4,9-17H2,1-2H3,(H2,22,23,24). The Balaban J connectivity index is 1.64. The third-order valence-corrected chi connectivity index (χ3v) is 4.50. The first-order valence-electron chi connectivity index (χ1n) is 9.92. The van der Waals surface area contributed by atoms with Gasteiger partial charge < -0.3 is 20.3 Å². The monoisotopic (exact) mass is 379 g/mol. The predicted molar refractivity (Wildman–Crippen MR) is 109 cm³/mol. The summed E-state index contributed by atoms with van der Waals surface area (Å²) in [6.07, 6.45) is 1.06. The maximum absolute atomic E-state index is 13.0. The van der Waals surface area contributed by atoms with E-state index in [1.807, 2.05) is 12.1 Å². The van der Waals surface area contributed by atoms with Crippen molar-refractivity contribution in [3.05, 3.63) is 35.6 Å². The van der Waals surface area contributed by atoms with Gasteiger partial charge >= 0.3 is 0 Å². The van der Waals surface area contributed by atoms with Gasteiger partial charge in [-0.1, -0.05) is 12.1 Å². The molecule has 7 heteroatoms. The minimum atomic E-state index is -0.191. The van der Waals surface area contributed by atoms with E-state index >= 15 is 0 Å². The van der Waals surface area contributed by atoms with Crippen LogP contribution in [0, 0.1) is 5.82 Å². The van der Waals surface area contributed by atoms with Gasteiger partial charge in [0.1, 0.15) is 5.82 Å². The van der Waals surface area contributed by atoms with E-state index in [4.69, 9.17) is 4.74 Å². The number of likely N-dealkylation sites (N-methyl/N-ethyl adjacent to an activating group) is 1. The van der Waals surface area contributed by atoms with Crippen molar-refractivity contribution in [1.82, 2.24) is 20.4 Å². The second kappa shape index (κ2) is 12.6. The van der Waals surface area contributed by atoms with Crippen LogP contribution in [0.4, 0.5) is 4.39 Å². The van der Waals surface area contributed by atoms with Crippen LogP contribution in [-0.4, -0.2) is 81.8 Å². The van der Waals surface area contributed by atoms with Crippen molar-refractivity contribution in [2.24, 2.45) is 4.99 Å². The number of guanidine groups is 1. The quantitative estimate of drug-likeness (QED) is 0.367. The molecule has 0 bridgehead atoms. The third-order valence-electron chi connectivity index (χ3n) is 4.50. The Bertz CT molecular complexity index is 546. The van der Waals surface area contributed by atoms with Crippen LogP contribution in [0.1, 0.15) is 18.9 Å². The molecule has 1 fully saturated rings. The summed E-state index contributed by atoms with van der Waals surface area (Å²) in [7, 11) is 2.07. The molecule has 2 rings (SSSR count). The van der Waals surface area contributed by atoms with E-state index in [0.29, 0.717) is 0 Å². The molecule has 0 unspecified atom stereocenters. The number of halogens is 1. The highest BCUT2D eigenvalue weighted by molar-refractivity contribution is 5.79. The Morgan fingerprint density at radius 1 is 1.22 bits per heavy atom. The lowest BCUT2D eigenvalue weighted by molar-refractivity contribution is 0.0377. The molecule has 0 spiro atoms. The van der Waals surface area contributed by atoms with Crippen LogP contribution in [0.2, 0.25) is 0 Å². The topological polar surface area (TPSA) is 52.1 Å². The van der Waals surface area contributed by atoms with E-state index in [9.17, 15) is 4.39 Å². The number of benzene rings is 1. The molecular formula is C20H34FN5O. The van der Waals surface area contributed by atoms with Gasteiger partial charge in [-0.2, -0.15) is 0 Å². The number of hydrogen-bond donors (Lipinski definition) is 2. The molecule has 0 atom stereocenters. The fourth-order valence-electron chi connectivity index (χ4n) is 3.00. The predicted octanol–water partition coefficient (Wildman–Crippen LogP) is 1.53. The van der Waals surface area contributed by atoms with E-state index in [2.05, 4.69) is 39.4 Å². The molecule has 2 N–H and O–H groups in total. The van der Waals surface area contributed by atoms with Crippen molar-refractivity contribution >= 4 is 5.96 Å². The molecule has 1 aliphatic rings. The first-order chi connectivity index (χ1) is 13.2. The van der Waals surface area contributed by atoms with Crippen molar-refractivity contribution in [2.45, 2.75) is 19.9 Å². The Morgan fingerprint density at radius 2 is 1.96 bits per heavy atom.